The molecule has 1 heterocycles. The van der Waals surface area contributed by atoms with Gasteiger partial charge in [-0.2, -0.15) is 0 Å². The van der Waals surface area contributed by atoms with E-state index in [9.17, 15) is 13.6 Å². The molecule has 0 fully saturated rings. The SMILES string of the molecule is O=C(NCC(F)(F)CO)c1cccs1. The number of thiophene rings is 1. The maximum atomic E-state index is 12.5. The summed E-state index contributed by atoms with van der Waals surface area (Å²) in [5, 5.41) is 12.0. The molecule has 1 rings (SSSR count). The number of aliphatic hydroxyl groups excluding tert-OH is 1. The molecule has 6 heteroatoms. The van der Waals surface area contributed by atoms with Gasteiger partial charge in [0, 0.05) is 0 Å². The van der Waals surface area contributed by atoms with Crippen LogP contribution >= 0.6 is 11.3 Å². The normalized spacial score (nSPS) is 11.4. The van der Waals surface area contributed by atoms with E-state index in [4.69, 9.17) is 5.11 Å². The summed E-state index contributed by atoms with van der Waals surface area (Å²) < 4.78 is 25.0. The van der Waals surface area contributed by atoms with Crippen molar-refractivity contribution >= 4 is 17.2 Å². The predicted molar refractivity (Wildman–Crippen MR) is 48.7 cm³/mol. The van der Waals surface area contributed by atoms with E-state index in [1.54, 1.807) is 11.4 Å². The van der Waals surface area contributed by atoms with Crippen LogP contribution in [-0.4, -0.2) is 30.1 Å². The minimum atomic E-state index is -3.26. The average Bonchev–Trinajstić information content (AvgIpc) is 2.67. The van der Waals surface area contributed by atoms with Crippen molar-refractivity contribution in [2.24, 2.45) is 0 Å². The van der Waals surface area contributed by atoms with Crippen LogP contribution < -0.4 is 5.32 Å². The molecular weight excluding hydrogens is 212 g/mol. The van der Waals surface area contributed by atoms with E-state index < -0.39 is 25.0 Å². The van der Waals surface area contributed by atoms with Crippen LogP contribution in [-0.2, 0) is 0 Å². The first kappa shape index (κ1) is 11.1. The molecule has 0 aromatic carbocycles. The van der Waals surface area contributed by atoms with Gasteiger partial charge in [0.25, 0.3) is 11.8 Å². The summed E-state index contributed by atoms with van der Waals surface area (Å²) in [5.74, 6) is -3.81. The molecular formula is C8H9F2NO2S. The van der Waals surface area contributed by atoms with Gasteiger partial charge in [-0.3, -0.25) is 4.79 Å². The molecule has 1 aromatic heterocycles. The zero-order valence-electron chi connectivity index (χ0n) is 7.17. The van der Waals surface area contributed by atoms with Gasteiger partial charge in [-0.1, -0.05) is 6.07 Å². The van der Waals surface area contributed by atoms with Crippen molar-refractivity contribution in [2.45, 2.75) is 5.92 Å². The number of hydrogen-bond acceptors (Lipinski definition) is 3. The second-order valence-corrected chi connectivity index (χ2v) is 3.62. The lowest BCUT2D eigenvalue weighted by molar-refractivity contribution is -0.0461. The van der Waals surface area contributed by atoms with Crippen molar-refractivity contribution in [1.29, 1.82) is 0 Å². The third-order valence-corrected chi connectivity index (χ3v) is 2.35. The van der Waals surface area contributed by atoms with E-state index in [2.05, 4.69) is 0 Å². The summed E-state index contributed by atoms with van der Waals surface area (Å²) in [6.07, 6.45) is 0. The standard InChI is InChI=1S/C8H9F2NO2S/c9-8(10,5-12)4-11-7(13)6-2-1-3-14-6/h1-3,12H,4-5H2,(H,11,13). The highest BCUT2D eigenvalue weighted by atomic mass is 32.1. The molecule has 78 valence electrons. The number of hydrogen-bond donors (Lipinski definition) is 2. The highest BCUT2D eigenvalue weighted by molar-refractivity contribution is 7.12. The molecule has 0 saturated carbocycles. The van der Waals surface area contributed by atoms with E-state index in [1.165, 1.54) is 17.4 Å². The monoisotopic (exact) mass is 221 g/mol. The Labute approximate surface area is 83.4 Å². The fourth-order valence-corrected chi connectivity index (χ4v) is 1.40. The van der Waals surface area contributed by atoms with Gasteiger partial charge in [-0.05, 0) is 11.4 Å². The summed E-state index contributed by atoms with van der Waals surface area (Å²) in [6.45, 7) is -2.11. The summed E-state index contributed by atoms with van der Waals surface area (Å²) in [6, 6.07) is 3.20. The maximum absolute atomic E-state index is 12.5. The van der Waals surface area contributed by atoms with E-state index in [-0.39, 0.29) is 0 Å². The van der Waals surface area contributed by atoms with Gasteiger partial charge in [0.15, 0.2) is 0 Å². The Morgan fingerprint density at radius 1 is 1.64 bits per heavy atom. The topological polar surface area (TPSA) is 49.3 Å². The molecule has 0 atom stereocenters. The summed E-state index contributed by atoms with van der Waals surface area (Å²) in [5.41, 5.74) is 0. The van der Waals surface area contributed by atoms with Crippen molar-refractivity contribution in [3.8, 4) is 0 Å². The summed E-state index contributed by atoms with van der Waals surface area (Å²) in [4.78, 5) is 11.5. The van der Waals surface area contributed by atoms with Crippen LogP contribution in [0.15, 0.2) is 17.5 Å². The molecule has 3 nitrogen and oxygen atoms in total. The van der Waals surface area contributed by atoms with Gasteiger partial charge in [-0.15, -0.1) is 11.3 Å². The lowest BCUT2D eigenvalue weighted by Crippen LogP contribution is -2.38. The number of alkyl halides is 2. The Kier molecular flexibility index (Phi) is 3.54. The molecule has 0 unspecified atom stereocenters. The van der Waals surface area contributed by atoms with Gasteiger partial charge in [-0.25, -0.2) is 8.78 Å². The molecule has 0 saturated heterocycles. The number of nitrogens with one attached hydrogen (secondary N) is 1. The van der Waals surface area contributed by atoms with Crippen molar-refractivity contribution < 1.29 is 18.7 Å². The van der Waals surface area contributed by atoms with Gasteiger partial charge >= 0.3 is 0 Å². The minimum Gasteiger partial charge on any atom is -0.390 e. The fraction of sp³-hybridized carbons (Fsp3) is 0.375. The third-order valence-electron chi connectivity index (χ3n) is 1.48. The molecule has 0 aliphatic rings. The Morgan fingerprint density at radius 3 is 2.86 bits per heavy atom. The number of carbonyl (C=O) groups excluding carboxylic acids is 1. The average molecular weight is 221 g/mol. The van der Waals surface area contributed by atoms with Crippen LogP contribution in [0.4, 0.5) is 8.78 Å². The molecule has 0 aliphatic heterocycles. The molecule has 2 N–H and O–H groups in total. The highest BCUT2D eigenvalue weighted by Gasteiger charge is 2.28. The zero-order valence-corrected chi connectivity index (χ0v) is 7.98. The molecule has 0 spiro atoms. The molecule has 0 radical (unpaired) electrons. The van der Waals surface area contributed by atoms with Crippen LogP contribution in [0.25, 0.3) is 0 Å². The van der Waals surface area contributed by atoms with E-state index >= 15 is 0 Å². The van der Waals surface area contributed by atoms with Crippen LogP contribution in [0.2, 0.25) is 0 Å². The number of aliphatic hydroxyl groups is 1. The van der Waals surface area contributed by atoms with Crippen LogP contribution in [0, 0.1) is 0 Å². The van der Waals surface area contributed by atoms with Crippen molar-refractivity contribution in [3.05, 3.63) is 22.4 Å². The Morgan fingerprint density at radius 2 is 2.36 bits per heavy atom. The first-order valence-corrected chi connectivity index (χ1v) is 4.73. The van der Waals surface area contributed by atoms with Gasteiger partial charge in [0.1, 0.15) is 6.61 Å². The first-order chi connectivity index (χ1) is 6.55. The molecule has 1 amide bonds. The summed E-state index contributed by atoms with van der Waals surface area (Å²) >= 11 is 1.17. The lowest BCUT2D eigenvalue weighted by Gasteiger charge is -2.13. The number of carbonyl (C=O) groups is 1. The van der Waals surface area contributed by atoms with E-state index in [1.807, 2.05) is 5.32 Å². The first-order valence-electron chi connectivity index (χ1n) is 3.85. The van der Waals surface area contributed by atoms with Crippen LogP contribution in [0.1, 0.15) is 9.67 Å². The Balaban J connectivity index is 2.43. The Hall–Kier alpha value is -1.01. The molecule has 1 aromatic rings. The predicted octanol–water partition coefficient (Wildman–Crippen LogP) is 1.11. The van der Waals surface area contributed by atoms with Crippen LogP contribution in [0.5, 0.6) is 0 Å². The van der Waals surface area contributed by atoms with E-state index in [0.29, 0.717) is 4.88 Å². The number of rotatable bonds is 4. The second-order valence-electron chi connectivity index (χ2n) is 2.67. The second kappa shape index (κ2) is 4.47. The minimum absolute atomic E-state index is 0.374. The number of amides is 1. The van der Waals surface area contributed by atoms with Gasteiger partial charge < -0.3 is 10.4 Å². The number of halogens is 2. The van der Waals surface area contributed by atoms with Crippen molar-refractivity contribution in [2.75, 3.05) is 13.2 Å². The smallest absolute Gasteiger partial charge is 0.287 e. The van der Waals surface area contributed by atoms with Gasteiger partial charge in [0.05, 0.1) is 11.4 Å². The van der Waals surface area contributed by atoms with Crippen LogP contribution in [0.3, 0.4) is 0 Å². The molecule has 0 bridgehead atoms. The third kappa shape index (κ3) is 3.04. The Bertz CT molecular complexity index is 300. The van der Waals surface area contributed by atoms with Crippen molar-refractivity contribution in [3.63, 3.8) is 0 Å². The largest absolute Gasteiger partial charge is 0.390 e. The molecule has 14 heavy (non-hydrogen) atoms. The maximum Gasteiger partial charge on any atom is 0.287 e. The molecule has 0 aliphatic carbocycles. The van der Waals surface area contributed by atoms with Gasteiger partial charge in [0.2, 0.25) is 0 Å². The fourth-order valence-electron chi connectivity index (χ4n) is 0.760. The quantitative estimate of drug-likeness (QED) is 0.800. The van der Waals surface area contributed by atoms with Crippen molar-refractivity contribution in [1.82, 2.24) is 5.32 Å². The lowest BCUT2D eigenvalue weighted by atomic mass is 10.3. The van der Waals surface area contributed by atoms with E-state index in [0.717, 1.165) is 0 Å². The highest BCUT2D eigenvalue weighted by Crippen LogP contribution is 2.12. The zero-order chi connectivity index (χ0) is 10.6. The summed E-state index contributed by atoms with van der Waals surface area (Å²) in [7, 11) is 0.